The van der Waals surface area contributed by atoms with Gasteiger partial charge in [-0.2, -0.15) is 0 Å². The molecule has 0 unspecified atom stereocenters. The quantitative estimate of drug-likeness (QED) is 0.888. The van der Waals surface area contributed by atoms with Crippen molar-refractivity contribution in [3.8, 4) is 0 Å². The molecule has 0 saturated heterocycles. The molecule has 88 valence electrons. The summed E-state index contributed by atoms with van der Waals surface area (Å²) in [6.45, 7) is 1.87. The van der Waals surface area contributed by atoms with Gasteiger partial charge in [-0.3, -0.25) is 4.79 Å². The number of furan rings is 1. The fourth-order valence-corrected chi connectivity index (χ4v) is 2.17. The van der Waals surface area contributed by atoms with E-state index in [1.165, 1.54) is 6.26 Å². The van der Waals surface area contributed by atoms with E-state index in [4.69, 9.17) is 4.42 Å². The molecule has 2 rings (SSSR count). The maximum Gasteiger partial charge on any atom is 0.261 e. The van der Waals surface area contributed by atoms with Crippen molar-refractivity contribution in [2.45, 2.75) is 6.92 Å². The van der Waals surface area contributed by atoms with Gasteiger partial charge in [0, 0.05) is 10.7 Å². The molecule has 0 spiro atoms. The van der Waals surface area contributed by atoms with Crippen LogP contribution in [0.15, 0.2) is 38.2 Å². The number of pyridine rings is 1. The second-order valence-corrected chi connectivity index (χ2v) is 5.02. The maximum absolute atomic E-state index is 11.9. The second-order valence-electron chi connectivity index (χ2n) is 3.38. The first kappa shape index (κ1) is 12.3. The summed E-state index contributed by atoms with van der Waals surface area (Å²) >= 11 is 6.47. The highest BCUT2D eigenvalue weighted by atomic mass is 79.9. The van der Waals surface area contributed by atoms with Crippen LogP contribution in [0.3, 0.4) is 0 Å². The molecule has 2 heterocycles. The largest absolute Gasteiger partial charge is 0.457 e. The first-order valence-electron chi connectivity index (χ1n) is 4.74. The van der Waals surface area contributed by atoms with Gasteiger partial charge in [-0.05, 0) is 56.5 Å². The second kappa shape index (κ2) is 5.01. The highest BCUT2D eigenvalue weighted by molar-refractivity contribution is 9.10. The number of nitrogens with one attached hydrogen (secondary N) is 1. The van der Waals surface area contributed by atoms with Gasteiger partial charge in [-0.15, -0.1) is 0 Å². The van der Waals surface area contributed by atoms with Crippen LogP contribution in [0.4, 0.5) is 5.82 Å². The van der Waals surface area contributed by atoms with Crippen LogP contribution in [-0.4, -0.2) is 10.9 Å². The minimum Gasteiger partial charge on any atom is -0.457 e. The number of aryl methyl sites for hydroxylation is 1. The Morgan fingerprint density at radius 1 is 1.47 bits per heavy atom. The van der Waals surface area contributed by atoms with Crippen molar-refractivity contribution in [3.63, 3.8) is 0 Å². The van der Waals surface area contributed by atoms with E-state index >= 15 is 0 Å². The SMILES string of the molecule is Cc1cc(Br)cnc1NC(=O)c1ccoc1Br. The van der Waals surface area contributed by atoms with Gasteiger partial charge < -0.3 is 9.73 Å². The lowest BCUT2D eigenvalue weighted by Gasteiger charge is -2.06. The van der Waals surface area contributed by atoms with Crippen molar-refractivity contribution in [2.24, 2.45) is 0 Å². The molecule has 6 heteroatoms. The van der Waals surface area contributed by atoms with Crippen LogP contribution in [0, 0.1) is 6.92 Å². The molecule has 2 aromatic rings. The maximum atomic E-state index is 11.9. The van der Waals surface area contributed by atoms with Crippen LogP contribution in [0.5, 0.6) is 0 Å². The van der Waals surface area contributed by atoms with E-state index in [1.54, 1.807) is 12.3 Å². The Balaban J connectivity index is 2.22. The number of amides is 1. The standard InChI is InChI=1S/C11H8Br2N2O2/c1-6-4-7(12)5-14-10(6)15-11(16)8-2-3-17-9(8)13/h2-5H,1H3,(H,14,15,16). The average Bonchev–Trinajstić information content (AvgIpc) is 2.68. The Morgan fingerprint density at radius 2 is 2.24 bits per heavy atom. The Kier molecular flexibility index (Phi) is 3.63. The molecule has 4 nitrogen and oxygen atoms in total. The molecular weight excluding hydrogens is 352 g/mol. The van der Waals surface area contributed by atoms with Crippen molar-refractivity contribution in [1.82, 2.24) is 4.98 Å². The summed E-state index contributed by atoms with van der Waals surface area (Å²) in [5, 5.41) is 2.72. The van der Waals surface area contributed by atoms with E-state index in [2.05, 4.69) is 42.2 Å². The van der Waals surface area contributed by atoms with E-state index < -0.39 is 0 Å². The monoisotopic (exact) mass is 358 g/mol. The molecule has 17 heavy (non-hydrogen) atoms. The number of nitrogens with zero attached hydrogens (tertiary/aromatic N) is 1. The average molecular weight is 360 g/mol. The normalized spacial score (nSPS) is 10.3. The fraction of sp³-hybridized carbons (Fsp3) is 0.0909. The van der Waals surface area contributed by atoms with Crippen LogP contribution in [0.25, 0.3) is 0 Å². The van der Waals surface area contributed by atoms with Crippen LogP contribution in [0.2, 0.25) is 0 Å². The molecule has 1 amide bonds. The zero-order valence-electron chi connectivity index (χ0n) is 8.83. The Labute approximate surface area is 115 Å². The minimum atomic E-state index is -0.261. The number of hydrogen-bond acceptors (Lipinski definition) is 3. The summed E-state index contributed by atoms with van der Waals surface area (Å²) in [7, 11) is 0. The zero-order valence-corrected chi connectivity index (χ0v) is 12.0. The molecular formula is C11H8Br2N2O2. The summed E-state index contributed by atoms with van der Waals surface area (Å²) in [5.74, 6) is 0.273. The van der Waals surface area contributed by atoms with Gasteiger partial charge in [0.05, 0.1) is 11.8 Å². The van der Waals surface area contributed by atoms with Gasteiger partial charge in [-0.25, -0.2) is 4.98 Å². The highest BCUT2D eigenvalue weighted by Gasteiger charge is 2.14. The molecule has 0 aliphatic rings. The predicted molar refractivity (Wildman–Crippen MR) is 71.0 cm³/mol. The molecule has 0 atom stereocenters. The molecule has 0 radical (unpaired) electrons. The molecule has 0 fully saturated rings. The Hall–Kier alpha value is -1.14. The van der Waals surface area contributed by atoms with Crippen LogP contribution in [0.1, 0.15) is 15.9 Å². The van der Waals surface area contributed by atoms with Crippen molar-refractivity contribution in [3.05, 3.63) is 44.9 Å². The lowest BCUT2D eigenvalue weighted by atomic mass is 10.2. The molecule has 2 aromatic heterocycles. The molecule has 0 aliphatic heterocycles. The van der Waals surface area contributed by atoms with Gasteiger partial charge in [0.2, 0.25) is 0 Å². The third kappa shape index (κ3) is 2.76. The number of aromatic nitrogens is 1. The van der Waals surface area contributed by atoms with Crippen molar-refractivity contribution in [2.75, 3.05) is 5.32 Å². The summed E-state index contributed by atoms with van der Waals surface area (Å²) < 4.78 is 6.28. The third-order valence-corrected chi connectivity index (χ3v) is 3.19. The number of carbonyl (C=O) groups is 1. The minimum absolute atomic E-state index is 0.261. The lowest BCUT2D eigenvalue weighted by Crippen LogP contribution is -2.13. The van der Waals surface area contributed by atoms with Gasteiger partial charge in [0.1, 0.15) is 5.82 Å². The van der Waals surface area contributed by atoms with Crippen LogP contribution in [-0.2, 0) is 0 Å². The molecule has 0 aromatic carbocycles. The number of carbonyl (C=O) groups excluding carboxylic acids is 1. The summed E-state index contributed by atoms with van der Waals surface area (Å²) in [6.07, 6.45) is 3.08. The molecule has 0 saturated carbocycles. The molecule has 0 aliphatic carbocycles. The van der Waals surface area contributed by atoms with Crippen molar-refractivity contribution >= 4 is 43.6 Å². The predicted octanol–water partition coefficient (Wildman–Crippen LogP) is 3.76. The van der Waals surface area contributed by atoms with Gasteiger partial charge in [-0.1, -0.05) is 0 Å². The third-order valence-electron chi connectivity index (χ3n) is 2.14. The first-order chi connectivity index (χ1) is 8.08. The van der Waals surface area contributed by atoms with Gasteiger partial charge >= 0.3 is 0 Å². The van der Waals surface area contributed by atoms with Crippen molar-refractivity contribution in [1.29, 1.82) is 0 Å². The zero-order chi connectivity index (χ0) is 12.4. The Morgan fingerprint density at radius 3 is 2.82 bits per heavy atom. The molecule has 1 N–H and O–H groups in total. The highest BCUT2D eigenvalue weighted by Crippen LogP contribution is 2.21. The van der Waals surface area contributed by atoms with E-state index in [0.29, 0.717) is 16.1 Å². The van der Waals surface area contributed by atoms with Crippen molar-refractivity contribution < 1.29 is 9.21 Å². The summed E-state index contributed by atoms with van der Waals surface area (Å²) in [5.41, 5.74) is 1.32. The van der Waals surface area contributed by atoms with E-state index in [1.807, 2.05) is 13.0 Å². The van der Waals surface area contributed by atoms with Gasteiger partial charge in [0.15, 0.2) is 4.67 Å². The first-order valence-corrected chi connectivity index (χ1v) is 6.33. The van der Waals surface area contributed by atoms with E-state index in [9.17, 15) is 4.79 Å². The van der Waals surface area contributed by atoms with E-state index in [0.717, 1.165) is 10.0 Å². The molecule has 0 bridgehead atoms. The number of rotatable bonds is 2. The Bertz CT molecular complexity index is 566. The summed E-state index contributed by atoms with van der Waals surface area (Å²) in [6, 6.07) is 3.47. The topological polar surface area (TPSA) is 55.1 Å². The lowest BCUT2D eigenvalue weighted by molar-refractivity contribution is 0.102. The number of hydrogen-bond donors (Lipinski definition) is 1. The number of anilines is 1. The fourth-order valence-electron chi connectivity index (χ4n) is 1.30. The van der Waals surface area contributed by atoms with E-state index in [-0.39, 0.29) is 5.91 Å². The summed E-state index contributed by atoms with van der Waals surface area (Å²) in [4.78, 5) is 16.0. The van der Waals surface area contributed by atoms with Gasteiger partial charge in [0.25, 0.3) is 5.91 Å². The van der Waals surface area contributed by atoms with Crippen LogP contribution >= 0.6 is 31.9 Å². The smallest absolute Gasteiger partial charge is 0.261 e. The van der Waals surface area contributed by atoms with Crippen LogP contribution < -0.4 is 5.32 Å². The number of halogens is 2.